The van der Waals surface area contributed by atoms with E-state index in [1.807, 2.05) is 0 Å². The van der Waals surface area contributed by atoms with Crippen LogP contribution in [0.4, 0.5) is 17.7 Å². The molecule has 104 valence electrons. The van der Waals surface area contributed by atoms with Gasteiger partial charge in [-0.15, -0.1) is 0 Å². The molecule has 0 radical (unpaired) electrons. The number of carbonyl (C=O) groups is 1. The first-order valence-electron chi connectivity index (χ1n) is 6.21. The fraction of sp³-hybridized carbons (Fsp3) is 0.909. The molecule has 1 atom stereocenters. The Morgan fingerprint density at radius 1 is 1.26 bits per heavy atom. The predicted molar refractivity (Wildman–Crippen MR) is 62.3 cm³/mol. The molecule has 0 aliphatic heterocycles. The van der Waals surface area contributed by atoms with Crippen molar-refractivity contribution in [3.8, 4) is 0 Å². The number of nitrogens with one attached hydrogen (secondary N) is 1. The van der Waals surface area contributed by atoms with E-state index in [0.29, 0.717) is 12.8 Å². The maximum atomic E-state index is 12.5. The van der Waals surface area contributed by atoms with Crippen molar-refractivity contribution < 1.29 is 73.9 Å². The van der Waals surface area contributed by atoms with Crippen molar-refractivity contribution in [2.45, 2.75) is 57.5 Å². The van der Waals surface area contributed by atoms with Gasteiger partial charge in [-0.1, -0.05) is 12.2 Å². The van der Waals surface area contributed by atoms with Gasteiger partial charge in [0.25, 0.3) is 0 Å². The number of halogens is 3. The number of rotatable bonds is 2. The molecule has 0 aromatic rings. The van der Waals surface area contributed by atoms with Gasteiger partial charge in [-0.25, -0.2) is 4.79 Å². The van der Waals surface area contributed by atoms with Crippen molar-refractivity contribution >= 4 is 13.1 Å². The van der Waals surface area contributed by atoms with Crippen molar-refractivity contribution in [2.24, 2.45) is 5.41 Å². The van der Waals surface area contributed by atoms with E-state index >= 15 is 0 Å². The van der Waals surface area contributed by atoms with Crippen LogP contribution in [0.3, 0.4) is 0 Å². The van der Waals surface area contributed by atoms with Crippen LogP contribution < -0.4 is 56.7 Å². The summed E-state index contributed by atoms with van der Waals surface area (Å²) in [7, 11) is 0. The minimum absolute atomic E-state index is 0. The van der Waals surface area contributed by atoms with Gasteiger partial charge in [0.15, 0.2) is 0 Å². The van der Waals surface area contributed by atoms with E-state index < -0.39 is 29.9 Å². The Hall–Kier alpha value is 0.761. The molecule has 3 nitrogen and oxygen atoms in total. The Bertz CT molecular complexity index is 364. The SMILES string of the molecule is CC(C)(C)OC(=O)NC1CC2(C1)CC2[B-](F)(F)F.[K+]. The summed E-state index contributed by atoms with van der Waals surface area (Å²) < 4.78 is 42.6. The van der Waals surface area contributed by atoms with E-state index in [0.717, 1.165) is 0 Å². The Morgan fingerprint density at radius 2 is 1.79 bits per heavy atom. The van der Waals surface area contributed by atoms with Crippen molar-refractivity contribution in [3.63, 3.8) is 0 Å². The number of hydrogen-bond donors (Lipinski definition) is 1. The number of alkyl carbamates (subject to hydrolysis) is 1. The zero-order valence-corrected chi connectivity index (χ0v) is 14.9. The van der Waals surface area contributed by atoms with Crippen LogP contribution in [0, 0.1) is 5.41 Å². The summed E-state index contributed by atoms with van der Waals surface area (Å²) in [6, 6.07) is -0.164. The third-order valence-electron chi connectivity index (χ3n) is 3.74. The van der Waals surface area contributed by atoms with Crippen molar-refractivity contribution in [3.05, 3.63) is 0 Å². The van der Waals surface area contributed by atoms with E-state index in [9.17, 15) is 17.7 Å². The summed E-state index contributed by atoms with van der Waals surface area (Å²) in [5.41, 5.74) is -1.14. The van der Waals surface area contributed by atoms with Gasteiger partial charge in [0, 0.05) is 6.04 Å². The molecule has 0 saturated heterocycles. The van der Waals surface area contributed by atoms with E-state index in [4.69, 9.17) is 4.74 Å². The molecule has 0 heterocycles. The topological polar surface area (TPSA) is 38.3 Å². The summed E-state index contributed by atoms with van der Waals surface area (Å²) in [5, 5.41) is 2.62. The number of carbonyl (C=O) groups excluding carboxylic acids is 1. The molecule has 1 spiro atoms. The van der Waals surface area contributed by atoms with E-state index in [1.54, 1.807) is 20.8 Å². The molecule has 1 N–H and O–H groups in total. The Labute approximate surface area is 153 Å². The molecule has 2 fully saturated rings. The zero-order chi connectivity index (χ0) is 13.8. The van der Waals surface area contributed by atoms with Gasteiger partial charge in [0.05, 0.1) is 0 Å². The Balaban J connectivity index is 0.00000180. The van der Waals surface area contributed by atoms with E-state index in [-0.39, 0.29) is 63.8 Å². The monoisotopic (exact) mass is 303 g/mol. The van der Waals surface area contributed by atoms with Crippen molar-refractivity contribution in [1.82, 2.24) is 5.32 Å². The van der Waals surface area contributed by atoms with E-state index in [2.05, 4.69) is 5.32 Å². The molecular formula is C11H18BF3KNO2. The maximum Gasteiger partial charge on any atom is 1.00 e. The molecule has 0 bridgehead atoms. The smallest absolute Gasteiger partial charge is 0.449 e. The molecule has 8 heteroatoms. The summed E-state index contributed by atoms with van der Waals surface area (Å²) >= 11 is 0. The third kappa shape index (κ3) is 4.36. The minimum Gasteiger partial charge on any atom is -0.449 e. The minimum atomic E-state index is -4.71. The second-order valence-electron chi connectivity index (χ2n) is 6.55. The number of amides is 1. The summed E-state index contributed by atoms with van der Waals surface area (Å²) in [4.78, 5) is 11.4. The standard InChI is InChI=1S/C11H18BF3NO2.K/c1-10(2,3)18-9(17)16-7-4-11(5-7)6-8(11)12(13,14)15;/h7-8H,4-6H2,1-3H3,(H,16,17);/q-1;+1. The second kappa shape index (κ2) is 5.51. The molecule has 19 heavy (non-hydrogen) atoms. The summed E-state index contributed by atoms with van der Waals surface area (Å²) in [5.74, 6) is -1.10. The number of hydrogen-bond acceptors (Lipinski definition) is 2. The maximum absolute atomic E-state index is 12.5. The van der Waals surface area contributed by atoms with Crippen LogP contribution in [0.25, 0.3) is 0 Å². The summed E-state index contributed by atoms with van der Waals surface area (Å²) in [6.07, 6.45) is 0.552. The van der Waals surface area contributed by atoms with Gasteiger partial charge in [-0.2, -0.15) is 0 Å². The van der Waals surface area contributed by atoms with Gasteiger partial charge in [-0.05, 0) is 39.0 Å². The molecule has 1 unspecified atom stereocenters. The van der Waals surface area contributed by atoms with Crippen LogP contribution in [-0.4, -0.2) is 24.7 Å². The van der Waals surface area contributed by atoms with Gasteiger partial charge in [0.1, 0.15) is 5.60 Å². The average Bonchev–Trinajstić information content (AvgIpc) is 2.72. The van der Waals surface area contributed by atoms with Gasteiger partial charge in [-0.3, -0.25) is 0 Å². The van der Waals surface area contributed by atoms with E-state index in [1.165, 1.54) is 0 Å². The third-order valence-corrected chi connectivity index (χ3v) is 3.74. The largest absolute Gasteiger partial charge is 1.00 e. The van der Waals surface area contributed by atoms with Gasteiger partial charge < -0.3 is 23.0 Å². The molecule has 2 saturated carbocycles. The molecule has 2 aliphatic carbocycles. The molecule has 0 aromatic heterocycles. The fourth-order valence-corrected chi connectivity index (χ4v) is 2.88. The zero-order valence-electron chi connectivity index (χ0n) is 11.8. The summed E-state index contributed by atoms with van der Waals surface area (Å²) in [6.45, 7) is 0.530. The van der Waals surface area contributed by atoms with Crippen LogP contribution in [0.2, 0.25) is 5.82 Å². The van der Waals surface area contributed by atoms with Gasteiger partial charge >= 0.3 is 64.5 Å². The molecule has 1 amide bonds. The number of ether oxygens (including phenoxy) is 1. The van der Waals surface area contributed by atoms with Crippen molar-refractivity contribution in [1.29, 1.82) is 0 Å². The first-order valence-corrected chi connectivity index (χ1v) is 6.21. The quantitative estimate of drug-likeness (QED) is 0.745. The van der Waals surface area contributed by atoms with Gasteiger partial charge in [0.2, 0.25) is 0 Å². The average molecular weight is 303 g/mol. The van der Waals surface area contributed by atoms with Crippen LogP contribution in [0.1, 0.15) is 40.0 Å². The molecule has 0 aromatic carbocycles. The second-order valence-corrected chi connectivity index (χ2v) is 6.55. The normalized spacial score (nSPS) is 33.2. The van der Waals surface area contributed by atoms with Crippen LogP contribution in [-0.2, 0) is 4.74 Å². The Kier molecular flexibility index (Phi) is 5.17. The Morgan fingerprint density at radius 3 is 2.16 bits per heavy atom. The van der Waals surface area contributed by atoms with Crippen LogP contribution >= 0.6 is 0 Å². The van der Waals surface area contributed by atoms with Crippen LogP contribution in [0.5, 0.6) is 0 Å². The predicted octanol–water partition coefficient (Wildman–Crippen LogP) is 0.285. The first kappa shape index (κ1) is 17.8. The molecular weight excluding hydrogens is 285 g/mol. The molecule has 2 rings (SSSR count). The van der Waals surface area contributed by atoms with Crippen molar-refractivity contribution in [2.75, 3.05) is 0 Å². The fourth-order valence-electron chi connectivity index (χ4n) is 2.88. The molecule has 2 aliphatic rings. The first-order chi connectivity index (χ1) is 8.02. The van der Waals surface area contributed by atoms with Crippen LogP contribution in [0.15, 0.2) is 0 Å².